The summed E-state index contributed by atoms with van der Waals surface area (Å²) in [6, 6.07) is 15.9. The van der Waals surface area contributed by atoms with Crippen LogP contribution in [-0.2, 0) is 6.54 Å². The SMILES string of the molecule is O=C(NCc1ccccc1F)c1cccc(C(=O)Nc2cccc(F)c2)n1. The molecule has 2 aromatic carbocycles. The lowest BCUT2D eigenvalue weighted by Crippen LogP contribution is -2.25. The van der Waals surface area contributed by atoms with E-state index in [0.29, 0.717) is 5.56 Å². The topological polar surface area (TPSA) is 71.1 Å². The van der Waals surface area contributed by atoms with Gasteiger partial charge in [-0.3, -0.25) is 9.59 Å². The molecule has 0 aliphatic heterocycles. The minimum absolute atomic E-state index is 0.00203. The summed E-state index contributed by atoms with van der Waals surface area (Å²) >= 11 is 0. The van der Waals surface area contributed by atoms with Crippen molar-refractivity contribution in [3.8, 4) is 0 Å². The lowest BCUT2D eigenvalue weighted by atomic mass is 10.2. The lowest BCUT2D eigenvalue weighted by molar-refractivity contribution is 0.0945. The van der Waals surface area contributed by atoms with Crippen LogP contribution in [0.5, 0.6) is 0 Å². The predicted molar refractivity (Wildman–Crippen MR) is 96.2 cm³/mol. The molecule has 0 bridgehead atoms. The van der Waals surface area contributed by atoms with E-state index in [2.05, 4.69) is 15.6 Å². The van der Waals surface area contributed by atoms with E-state index in [9.17, 15) is 18.4 Å². The molecule has 0 saturated carbocycles. The Morgan fingerprint density at radius 1 is 0.852 bits per heavy atom. The van der Waals surface area contributed by atoms with Crippen molar-refractivity contribution in [3.05, 3.63) is 95.3 Å². The van der Waals surface area contributed by atoms with Crippen molar-refractivity contribution in [3.63, 3.8) is 0 Å². The molecule has 7 heteroatoms. The van der Waals surface area contributed by atoms with Crippen molar-refractivity contribution < 1.29 is 18.4 Å². The van der Waals surface area contributed by atoms with Gasteiger partial charge in [-0.05, 0) is 36.4 Å². The van der Waals surface area contributed by atoms with Crippen LogP contribution >= 0.6 is 0 Å². The molecule has 27 heavy (non-hydrogen) atoms. The van der Waals surface area contributed by atoms with E-state index >= 15 is 0 Å². The van der Waals surface area contributed by atoms with Gasteiger partial charge < -0.3 is 10.6 Å². The molecule has 0 aliphatic rings. The van der Waals surface area contributed by atoms with Crippen molar-refractivity contribution in [2.75, 3.05) is 5.32 Å². The van der Waals surface area contributed by atoms with Gasteiger partial charge in [-0.15, -0.1) is 0 Å². The second-order valence-corrected chi connectivity index (χ2v) is 5.65. The minimum atomic E-state index is -0.579. The quantitative estimate of drug-likeness (QED) is 0.725. The number of amides is 2. The average molecular weight is 367 g/mol. The molecule has 3 aromatic rings. The standard InChI is InChI=1S/C20H15F2N3O2/c21-14-6-3-7-15(11-14)24-20(27)18-10-4-9-17(25-18)19(26)23-12-13-5-1-2-8-16(13)22/h1-11H,12H2,(H,23,26)(H,24,27). The summed E-state index contributed by atoms with van der Waals surface area (Å²) in [7, 11) is 0. The third-order valence-electron chi connectivity index (χ3n) is 3.69. The normalized spacial score (nSPS) is 10.3. The van der Waals surface area contributed by atoms with Crippen LogP contribution in [0.4, 0.5) is 14.5 Å². The summed E-state index contributed by atoms with van der Waals surface area (Å²) < 4.78 is 26.8. The highest BCUT2D eigenvalue weighted by Crippen LogP contribution is 2.11. The molecule has 136 valence electrons. The highest BCUT2D eigenvalue weighted by atomic mass is 19.1. The summed E-state index contributed by atoms with van der Waals surface area (Å²) in [4.78, 5) is 28.5. The van der Waals surface area contributed by atoms with Gasteiger partial charge in [0.1, 0.15) is 23.0 Å². The van der Waals surface area contributed by atoms with Crippen LogP contribution in [0, 0.1) is 11.6 Å². The van der Waals surface area contributed by atoms with Gasteiger partial charge in [-0.2, -0.15) is 0 Å². The molecule has 1 heterocycles. The first kappa shape index (κ1) is 18.2. The zero-order valence-corrected chi connectivity index (χ0v) is 14.1. The van der Waals surface area contributed by atoms with Gasteiger partial charge in [0.05, 0.1) is 0 Å². The predicted octanol–water partition coefficient (Wildman–Crippen LogP) is 3.54. The van der Waals surface area contributed by atoms with Gasteiger partial charge in [0.15, 0.2) is 0 Å². The first-order chi connectivity index (χ1) is 13.0. The van der Waals surface area contributed by atoms with Crippen LogP contribution < -0.4 is 10.6 Å². The number of benzene rings is 2. The third-order valence-corrected chi connectivity index (χ3v) is 3.69. The first-order valence-corrected chi connectivity index (χ1v) is 8.08. The molecule has 0 radical (unpaired) electrons. The van der Waals surface area contributed by atoms with Crippen molar-refractivity contribution in [2.24, 2.45) is 0 Å². The zero-order chi connectivity index (χ0) is 19.2. The largest absolute Gasteiger partial charge is 0.347 e. The van der Waals surface area contributed by atoms with E-state index in [4.69, 9.17) is 0 Å². The van der Waals surface area contributed by atoms with Crippen molar-refractivity contribution in [1.82, 2.24) is 10.3 Å². The number of anilines is 1. The van der Waals surface area contributed by atoms with Crippen LogP contribution in [-0.4, -0.2) is 16.8 Å². The Morgan fingerprint density at radius 2 is 1.56 bits per heavy atom. The fraction of sp³-hybridized carbons (Fsp3) is 0.0500. The molecule has 0 spiro atoms. The Bertz CT molecular complexity index is 992. The maximum Gasteiger partial charge on any atom is 0.274 e. The van der Waals surface area contributed by atoms with Gasteiger partial charge in [-0.25, -0.2) is 13.8 Å². The van der Waals surface area contributed by atoms with Gasteiger partial charge in [0.2, 0.25) is 0 Å². The number of hydrogen-bond acceptors (Lipinski definition) is 3. The average Bonchev–Trinajstić information content (AvgIpc) is 2.67. The van der Waals surface area contributed by atoms with E-state index in [0.717, 1.165) is 0 Å². The molecule has 2 amide bonds. The molecule has 0 atom stereocenters. The Morgan fingerprint density at radius 3 is 2.30 bits per heavy atom. The van der Waals surface area contributed by atoms with Gasteiger partial charge in [-0.1, -0.05) is 30.3 Å². The molecule has 3 rings (SSSR count). The summed E-state index contributed by atoms with van der Waals surface area (Å²) in [5.74, 6) is -2.03. The molecule has 0 aliphatic carbocycles. The lowest BCUT2D eigenvalue weighted by Gasteiger charge is -2.08. The van der Waals surface area contributed by atoms with E-state index in [-0.39, 0.29) is 23.6 Å². The maximum atomic E-state index is 13.6. The van der Waals surface area contributed by atoms with Gasteiger partial charge in [0, 0.05) is 17.8 Å². The molecule has 1 aromatic heterocycles. The Balaban J connectivity index is 1.68. The van der Waals surface area contributed by atoms with Crippen LogP contribution in [0.25, 0.3) is 0 Å². The number of rotatable bonds is 5. The van der Waals surface area contributed by atoms with Gasteiger partial charge >= 0.3 is 0 Å². The number of aromatic nitrogens is 1. The maximum absolute atomic E-state index is 13.6. The summed E-state index contributed by atoms with van der Waals surface area (Å²) in [5, 5.41) is 5.06. The number of carbonyl (C=O) groups excluding carboxylic acids is 2. The third kappa shape index (κ3) is 4.72. The van der Waals surface area contributed by atoms with Crippen molar-refractivity contribution in [2.45, 2.75) is 6.54 Å². The number of nitrogens with zero attached hydrogens (tertiary/aromatic N) is 1. The molecule has 5 nitrogen and oxygen atoms in total. The first-order valence-electron chi connectivity index (χ1n) is 8.08. The Kier molecular flexibility index (Phi) is 5.51. The smallest absolute Gasteiger partial charge is 0.274 e. The van der Waals surface area contributed by atoms with Crippen molar-refractivity contribution >= 4 is 17.5 Å². The van der Waals surface area contributed by atoms with Crippen LogP contribution in [0.3, 0.4) is 0 Å². The summed E-state index contributed by atoms with van der Waals surface area (Å²) in [5.41, 5.74) is 0.623. The number of pyridine rings is 1. The van der Waals surface area contributed by atoms with Gasteiger partial charge in [0.25, 0.3) is 11.8 Å². The zero-order valence-electron chi connectivity index (χ0n) is 14.1. The minimum Gasteiger partial charge on any atom is -0.347 e. The second-order valence-electron chi connectivity index (χ2n) is 5.65. The molecule has 0 saturated heterocycles. The Hall–Kier alpha value is -3.61. The van der Waals surface area contributed by atoms with E-state index in [1.807, 2.05) is 0 Å². The Labute approximate surface area is 154 Å². The fourth-order valence-electron chi connectivity index (χ4n) is 2.36. The fourth-order valence-corrected chi connectivity index (χ4v) is 2.36. The molecular formula is C20H15F2N3O2. The molecular weight excluding hydrogens is 352 g/mol. The van der Waals surface area contributed by atoms with Crippen LogP contribution in [0.2, 0.25) is 0 Å². The molecule has 2 N–H and O–H groups in total. The summed E-state index contributed by atoms with van der Waals surface area (Å²) in [6.07, 6.45) is 0. The van der Waals surface area contributed by atoms with E-state index < -0.39 is 23.4 Å². The summed E-state index contributed by atoms with van der Waals surface area (Å²) in [6.45, 7) is -0.00704. The molecule has 0 fully saturated rings. The number of halogens is 2. The molecule has 0 unspecified atom stereocenters. The van der Waals surface area contributed by atoms with Crippen molar-refractivity contribution in [1.29, 1.82) is 0 Å². The van der Waals surface area contributed by atoms with Crippen LogP contribution in [0.15, 0.2) is 66.7 Å². The highest BCUT2D eigenvalue weighted by molar-refractivity contribution is 6.03. The second kappa shape index (κ2) is 8.18. The van der Waals surface area contributed by atoms with E-state index in [1.165, 1.54) is 48.5 Å². The number of carbonyl (C=O) groups is 2. The number of nitrogens with one attached hydrogen (secondary N) is 2. The van der Waals surface area contributed by atoms with Crippen LogP contribution in [0.1, 0.15) is 26.5 Å². The monoisotopic (exact) mass is 367 g/mol. The van der Waals surface area contributed by atoms with E-state index in [1.54, 1.807) is 18.2 Å². The highest BCUT2D eigenvalue weighted by Gasteiger charge is 2.13. The number of hydrogen-bond donors (Lipinski definition) is 2.